The molecule has 1 heterocycles. The highest BCUT2D eigenvalue weighted by Crippen LogP contribution is 2.34. The molecule has 0 spiro atoms. The summed E-state index contributed by atoms with van der Waals surface area (Å²) in [5, 5.41) is 20.2. The Labute approximate surface area is 123 Å². The molecule has 1 aliphatic heterocycles. The van der Waals surface area contributed by atoms with Crippen molar-refractivity contribution in [2.75, 3.05) is 18.1 Å². The number of nitrogens with zero attached hydrogens (tertiary/aromatic N) is 3. The van der Waals surface area contributed by atoms with E-state index in [9.17, 15) is 15.4 Å². The van der Waals surface area contributed by atoms with Gasteiger partial charge in [0, 0.05) is 18.7 Å². The number of nitro benzene ring substituents is 1. The van der Waals surface area contributed by atoms with Crippen LogP contribution in [0.5, 0.6) is 0 Å². The first kappa shape index (κ1) is 13.8. The maximum absolute atomic E-state index is 10.8. The number of ether oxygens (including phenoxy) is 1. The monoisotopic (exact) mass is 287 g/mol. The average Bonchev–Trinajstić information content (AvgIpc) is 2.53. The number of nitriles is 1. The lowest BCUT2D eigenvalue weighted by Crippen LogP contribution is -2.53. The van der Waals surface area contributed by atoms with E-state index in [1.54, 1.807) is 6.07 Å². The average molecular weight is 287 g/mol. The van der Waals surface area contributed by atoms with E-state index in [4.69, 9.17) is 4.74 Å². The van der Waals surface area contributed by atoms with Crippen LogP contribution in [0.1, 0.15) is 31.2 Å². The van der Waals surface area contributed by atoms with E-state index in [2.05, 4.69) is 11.0 Å². The first-order valence-corrected chi connectivity index (χ1v) is 7.27. The molecule has 110 valence electrons. The van der Waals surface area contributed by atoms with Crippen molar-refractivity contribution in [1.82, 2.24) is 0 Å². The van der Waals surface area contributed by atoms with Gasteiger partial charge in [0.15, 0.2) is 0 Å². The van der Waals surface area contributed by atoms with Crippen LogP contribution in [0.2, 0.25) is 0 Å². The summed E-state index contributed by atoms with van der Waals surface area (Å²) < 4.78 is 5.84. The summed E-state index contributed by atoms with van der Waals surface area (Å²) in [7, 11) is 0. The van der Waals surface area contributed by atoms with Gasteiger partial charge in [-0.2, -0.15) is 5.26 Å². The minimum atomic E-state index is -0.465. The molecule has 6 nitrogen and oxygen atoms in total. The molecule has 6 heteroatoms. The van der Waals surface area contributed by atoms with Crippen molar-refractivity contribution < 1.29 is 9.66 Å². The van der Waals surface area contributed by atoms with Crippen LogP contribution in [-0.4, -0.2) is 30.2 Å². The molecule has 1 saturated heterocycles. The van der Waals surface area contributed by atoms with Crippen LogP contribution in [0.4, 0.5) is 11.4 Å². The van der Waals surface area contributed by atoms with Crippen LogP contribution in [0.3, 0.4) is 0 Å². The standard InChI is InChI=1S/C15H17N3O3/c16-10-11-9-12(18(19)20)5-6-13(11)17-7-8-21-15-4-2-1-3-14(15)17/h5-6,9,14-15H,1-4,7-8H2. The van der Waals surface area contributed by atoms with Gasteiger partial charge in [-0.3, -0.25) is 10.1 Å². The van der Waals surface area contributed by atoms with Crippen LogP contribution in [0.25, 0.3) is 0 Å². The Morgan fingerprint density at radius 1 is 1.38 bits per heavy atom. The maximum atomic E-state index is 10.8. The van der Waals surface area contributed by atoms with Crippen LogP contribution < -0.4 is 4.90 Å². The molecule has 2 unspecified atom stereocenters. The number of fused-ring (bicyclic) bond motifs is 1. The highest BCUT2D eigenvalue weighted by atomic mass is 16.6. The highest BCUT2D eigenvalue weighted by molar-refractivity contribution is 5.63. The molecule has 1 saturated carbocycles. The molecule has 0 aromatic heterocycles. The molecule has 0 N–H and O–H groups in total. The Bertz CT molecular complexity index is 594. The van der Waals surface area contributed by atoms with Crippen molar-refractivity contribution in [2.45, 2.75) is 37.8 Å². The predicted octanol–water partition coefficient (Wildman–Crippen LogP) is 2.61. The molecule has 2 fully saturated rings. The molecule has 0 radical (unpaired) electrons. The smallest absolute Gasteiger partial charge is 0.270 e. The summed E-state index contributed by atoms with van der Waals surface area (Å²) in [5.41, 5.74) is 1.13. The molecule has 2 atom stereocenters. The molecule has 1 aliphatic carbocycles. The van der Waals surface area contributed by atoms with Crippen molar-refractivity contribution in [3.8, 4) is 6.07 Å². The maximum Gasteiger partial charge on any atom is 0.270 e. The zero-order valence-corrected chi connectivity index (χ0v) is 11.7. The molecular formula is C15H17N3O3. The molecule has 0 bridgehead atoms. The summed E-state index contributed by atoms with van der Waals surface area (Å²) in [6.07, 6.45) is 4.66. The van der Waals surface area contributed by atoms with Crippen LogP contribution >= 0.6 is 0 Å². The normalized spacial score (nSPS) is 25.0. The quantitative estimate of drug-likeness (QED) is 0.617. The fraction of sp³-hybridized carbons (Fsp3) is 0.533. The van der Waals surface area contributed by atoms with Crippen molar-refractivity contribution in [2.24, 2.45) is 0 Å². The van der Waals surface area contributed by atoms with Crippen molar-refractivity contribution in [1.29, 1.82) is 5.26 Å². The van der Waals surface area contributed by atoms with E-state index in [0.29, 0.717) is 12.2 Å². The topological polar surface area (TPSA) is 79.4 Å². The van der Waals surface area contributed by atoms with Gasteiger partial charge in [-0.15, -0.1) is 0 Å². The van der Waals surface area contributed by atoms with Crippen molar-refractivity contribution in [3.63, 3.8) is 0 Å². The first-order valence-electron chi connectivity index (χ1n) is 7.27. The summed E-state index contributed by atoms with van der Waals surface area (Å²) in [5.74, 6) is 0. The van der Waals surface area contributed by atoms with E-state index < -0.39 is 4.92 Å². The van der Waals surface area contributed by atoms with Gasteiger partial charge in [-0.05, 0) is 18.9 Å². The van der Waals surface area contributed by atoms with Gasteiger partial charge in [0.2, 0.25) is 0 Å². The van der Waals surface area contributed by atoms with Gasteiger partial charge in [-0.25, -0.2) is 0 Å². The minimum absolute atomic E-state index is 0.0382. The Hall–Kier alpha value is -2.13. The fourth-order valence-corrected chi connectivity index (χ4v) is 3.37. The van der Waals surface area contributed by atoms with E-state index in [-0.39, 0.29) is 17.8 Å². The van der Waals surface area contributed by atoms with E-state index in [1.165, 1.54) is 18.6 Å². The third kappa shape index (κ3) is 2.57. The lowest BCUT2D eigenvalue weighted by Gasteiger charge is -2.45. The van der Waals surface area contributed by atoms with Crippen molar-refractivity contribution in [3.05, 3.63) is 33.9 Å². The number of morpholine rings is 1. The lowest BCUT2D eigenvalue weighted by atomic mass is 9.89. The molecular weight excluding hydrogens is 270 g/mol. The summed E-state index contributed by atoms with van der Waals surface area (Å²) in [4.78, 5) is 12.6. The zero-order valence-electron chi connectivity index (χ0n) is 11.7. The molecule has 21 heavy (non-hydrogen) atoms. The van der Waals surface area contributed by atoms with Gasteiger partial charge in [-0.1, -0.05) is 12.8 Å². The number of hydrogen-bond donors (Lipinski definition) is 0. The Morgan fingerprint density at radius 2 is 2.19 bits per heavy atom. The Morgan fingerprint density at radius 3 is 2.95 bits per heavy atom. The summed E-state index contributed by atoms with van der Waals surface area (Å²) in [6, 6.07) is 6.92. The van der Waals surface area contributed by atoms with E-state index in [0.717, 1.165) is 31.5 Å². The SMILES string of the molecule is N#Cc1cc([N+](=O)[O-])ccc1N1CCOC2CCCCC21. The van der Waals surface area contributed by atoms with Gasteiger partial charge in [0.05, 0.1) is 34.9 Å². The van der Waals surface area contributed by atoms with E-state index >= 15 is 0 Å². The number of non-ortho nitro benzene ring substituents is 1. The fourth-order valence-electron chi connectivity index (χ4n) is 3.37. The molecule has 1 aromatic carbocycles. The van der Waals surface area contributed by atoms with Gasteiger partial charge in [0.1, 0.15) is 6.07 Å². The van der Waals surface area contributed by atoms with Crippen LogP contribution in [0.15, 0.2) is 18.2 Å². The predicted molar refractivity (Wildman–Crippen MR) is 77.2 cm³/mol. The number of rotatable bonds is 2. The number of anilines is 1. The van der Waals surface area contributed by atoms with Gasteiger partial charge < -0.3 is 9.64 Å². The second-order valence-electron chi connectivity index (χ2n) is 5.52. The van der Waals surface area contributed by atoms with Crippen LogP contribution in [-0.2, 0) is 4.74 Å². The summed E-state index contributed by atoms with van der Waals surface area (Å²) >= 11 is 0. The number of benzene rings is 1. The van der Waals surface area contributed by atoms with Crippen LogP contribution in [0, 0.1) is 21.4 Å². The second-order valence-corrected chi connectivity index (χ2v) is 5.52. The molecule has 2 aliphatic rings. The number of nitro groups is 1. The molecule has 1 aromatic rings. The van der Waals surface area contributed by atoms with Gasteiger partial charge >= 0.3 is 0 Å². The first-order chi connectivity index (χ1) is 10.2. The Kier molecular flexibility index (Phi) is 3.76. The molecule has 3 rings (SSSR count). The highest BCUT2D eigenvalue weighted by Gasteiger charge is 2.35. The number of hydrogen-bond acceptors (Lipinski definition) is 5. The van der Waals surface area contributed by atoms with Gasteiger partial charge in [0.25, 0.3) is 5.69 Å². The largest absolute Gasteiger partial charge is 0.374 e. The van der Waals surface area contributed by atoms with E-state index in [1.807, 2.05) is 0 Å². The summed E-state index contributed by atoms with van der Waals surface area (Å²) in [6.45, 7) is 1.37. The Balaban J connectivity index is 1.95. The van der Waals surface area contributed by atoms with Crippen molar-refractivity contribution >= 4 is 11.4 Å². The molecule has 0 amide bonds. The third-order valence-corrected chi connectivity index (χ3v) is 4.35. The second kappa shape index (κ2) is 5.70. The minimum Gasteiger partial charge on any atom is -0.374 e. The third-order valence-electron chi connectivity index (χ3n) is 4.35. The lowest BCUT2D eigenvalue weighted by molar-refractivity contribution is -0.384. The zero-order chi connectivity index (χ0) is 14.8.